The molecule has 1 fully saturated rings. The summed E-state index contributed by atoms with van der Waals surface area (Å²) in [5.74, 6) is 0.186. The molecule has 0 spiro atoms. The third-order valence-electron chi connectivity index (χ3n) is 3.46. The molecule has 112 valence electrons. The van der Waals surface area contributed by atoms with E-state index in [4.69, 9.17) is 5.73 Å². The van der Waals surface area contributed by atoms with Crippen LogP contribution in [0.15, 0.2) is 12.4 Å². The summed E-state index contributed by atoms with van der Waals surface area (Å²) in [6.07, 6.45) is 4.50. The van der Waals surface area contributed by atoms with Gasteiger partial charge in [0, 0.05) is 6.54 Å². The molecular weight excluding hydrogens is 286 g/mol. The number of nitrogens with one attached hydrogen (secondary N) is 1. The number of aromatic nitrogens is 2. The van der Waals surface area contributed by atoms with E-state index in [-0.39, 0.29) is 30.5 Å². The summed E-state index contributed by atoms with van der Waals surface area (Å²) in [4.78, 5) is 21.9. The average Bonchev–Trinajstić information content (AvgIpc) is 3.10. The number of carbonyl (C=O) groups is 1. The number of nitro groups is 1. The van der Waals surface area contributed by atoms with Crippen LogP contribution in [0.4, 0.5) is 5.69 Å². The third-order valence-corrected chi connectivity index (χ3v) is 3.46. The molecule has 1 atom stereocenters. The SMILES string of the molecule is CC(CN)(NC(=O)Cn1cc([N+](=O)[O-])cn1)C1CC1.Cl. The number of halogens is 1. The smallest absolute Gasteiger partial charge is 0.307 e. The normalized spacial score (nSPS) is 16.9. The zero-order chi connectivity index (χ0) is 14.0. The molecule has 1 amide bonds. The second-order valence-electron chi connectivity index (χ2n) is 5.10. The quantitative estimate of drug-likeness (QED) is 0.585. The van der Waals surface area contributed by atoms with E-state index in [1.165, 1.54) is 10.9 Å². The van der Waals surface area contributed by atoms with Gasteiger partial charge in [-0.1, -0.05) is 0 Å². The van der Waals surface area contributed by atoms with E-state index >= 15 is 0 Å². The van der Waals surface area contributed by atoms with Crippen LogP contribution in [0, 0.1) is 16.0 Å². The summed E-state index contributed by atoms with van der Waals surface area (Å²) in [6, 6.07) is 0. The van der Waals surface area contributed by atoms with Gasteiger partial charge in [-0.05, 0) is 25.7 Å². The van der Waals surface area contributed by atoms with Crippen molar-refractivity contribution < 1.29 is 9.72 Å². The monoisotopic (exact) mass is 303 g/mol. The molecule has 0 aromatic carbocycles. The molecule has 9 heteroatoms. The van der Waals surface area contributed by atoms with Crippen molar-refractivity contribution >= 4 is 24.0 Å². The number of nitrogens with two attached hydrogens (primary N) is 1. The largest absolute Gasteiger partial charge is 0.348 e. The lowest BCUT2D eigenvalue weighted by atomic mass is 9.96. The number of hydrogen-bond acceptors (Lipinski definition) is 5. The predicted octanol–water partition coefficient (Wildman–Crippen LogP) is 0.457. The van der Waals surface area contributed by atoms with Crippen LogP contribution in [0.2, 0.25) is 0 Å². The fourth-order valence-electron chi connectivity index (χ4n) is 2.08. The van der Waals surface area contributed by atoms with Crippen molar-refractivity contribution in [1.29, 1.82) is 0 Å². The summed E-state index contributed by atoms with van der Waals surface area (Å²) in [7, 11) is 0. The molecule has 0 radical (unpaired) electrons. The summed E-state index contributed by atoms with van der Waals surface area (Å²) >= 11 is 0. The maximum Gasteiger partial charge on any atom is 0.307 e. The zero-order valence-corrected chi connectivity index (χ0v) is 11.9. The van der Waals surface area contributed by atoms with Gasteiger partial charge < -0.3 is 11.1 Å². The molecular formula is C11H18ClN5O3. The highest BCUT2D eigenvalue weighted by molar-refractivity contribution is 5.85. The van der Waals surface area contributed by atoms with Crippen LogP contribution in [0.5, 0.6) is 0 Å². The van der Waals surface area contributed by atoms with Gasteiger partial charge in [-0.15, -0.1) is 12.4 Å². The van der Waals surface area contributed by atoms with Crippen LogP contribution in [0.3, 0.4) is 0 Å². The maximum atomic E-state index is 11.9. The van der Waals surface area contributed by atoms with Crippen molar-refractivity contribution in [3.63, 3.8) is 0 Å². The van der Waals surface area contributed by atoms with Gasteiger partial charge in [0.05, 0.1) is 10.5 Å². The van der Waals surface area contributed by atoms with Gasteiger partial charge in [0.2, 0.25) is 5.91 Å². The van der Waals surface area contributed by atoms with Gasteiger partial charge in [0.1, 0.15) is 18.9 Å². The van der Waals surface area contributed by atoms with Crippen molar-refractivity contribution in [3.05, 3.63) is 22.5 Å². The summed E-state index contributed by atoms with van der Waals surface area (Å²) in [6.45, 7) is 2.26. The van der Waals surface area contributed by atoms with E-state index in [1.807, 2.05) is 6.92 Å². The fourth-order valence-corrected chi connectivity index (χ4v) is 2.08. The highest BCUT2D eigenvalue weighted by Crippen LogP contribution is 2.38. The lowest BCUT2D eigenvalue weighted by molar-refractivity contribution is -0.385. The molecule has 1 unspecified atom stereocenters. The Hall–Kier alpha value is -1.67. The Labute approximate surface area is 122 Å². The number of nitrogens with zero attached hydrogens (tertiary/aromatic N) is 3. The van der Waals surface area contributed by atoms with E-state index in [9.17, 15) is 14.9 Å². The highest BCUT2D eigenvalue weighted by Gasteiger charge is 2.41. The Morgan fingerprint density at radius 1 is 1.70 bits per heavy atom. The number of rotatable bonds is 6. The molecule has 3 N–H and O–H groups in total. The maximum absolute atomic E-state index is 11.9. The molecule has 1 saturated carbocycles. The van der Waals surface area contributed by atoms with Crippen LogP contribution < -0.4 is 11.1 Å². The predicted molar refractivity (Wildman–Crippen MR) is 74.5 cm³/mol. The molecule has 1 aliphatic carbocycles. The van der Waals surface area contributed by atoms with Crippen molar-refractivity contribution in [2.45, 2.75) is 31.8 Å². The van der Waals surface area contributed by atoms with Gasteiger partial charge in [0.15, 0.2) is 0 Å². The van der Waals surface area contributed by atoms with Crippen LogP contribution in [-0.2, 0) is 11.3 Å². The molecule has 1 heterocycles. The Balaban J connectivity index is 0.00000200. The molecule has 1 aromatic rings. The molecule has 2 rings (SSSR count). The van der Waals surface area contributed by atoms with Gasteiger partial charge in [0.25, 0.3) is 0 Å². The first kappa shape index (κ1) is 16.4. The van der Waals surface area contributed by atoms with Crippen LogP contribution >= 0.6 is 12.4 Å². The number of amides is 1. The average molecular weight is 304 g/mol. The van der Waals surface area contributed by atoms with Crippen molar-refractivity contribution in [3.8, 4) is 0 Å². The fraction of sp³-hybridized carbons (Fsp3) is 0.636. The topological polar surface area (TPSA) is 116 Å². The first-order valence-electron chi connectivity index (χ1n) is 6.12. The molecule has 0 bridgehead atoms. The van der Waals surface area contributed by atoms with Crippen molar-refractivity contribution in [2.75, 3.05) is 6.54 Å². The number of carbonyl (C=O) groups excluding carboxylic acids is 1. The van der Waals surface area contributed by atoms with Gasteiger partial charge in [-0.3, -0.25) is 19.6 Å². The zero-order valence-electron chi connectivity index (χ0n) is 11.1. The van der Waals surface area contributed by atoms with Gasteiger partial charge >= 0.3 is 5.69 Å². The minimum Gasteiger partial charge on any atom is -0.348 e. The Kier molecular flexibility index (Phi) is 5.07. The minimum absolute atomic E-state index is 0. The molecule has 0 aliphatic heterocycles. The Morgan fingerprint density at radius 2 is 2.35 bits per heavy atom. The molecule has 0 saturated heterocycles. The van der Waals surface area contributed by atoms with E-state index in [1.54, 1.807) is 0 Å². The van der Waals surface area contributed by atoms with Gasteiger partial charge in [-0.25, -0.2) is 0 Å². The summed E-state index contributed by atoms with van der Waals surface area (Å²) in [5.41, 5.74) is 5.19. The lowest BCUT2D eigenvalue weighted by Gasteiger charge is -2.29. The minimum atomic E-state index is -0.546. The van der Waals surface area contributed by atoms with E-state index < -0.39 is 10.5 Å². The van der Waals surface area contributed by atoms with Crippen LogP contribution in [0.25, 0.3) is 0 Å². The van der Waals surface area contributed by atoms with E-state index in [0.717, 1.165) is 19.0 Å². The lowest BCUT2D eigenvalue weighted by Crippen LogP contribution is -2.53. The van der Waals surface area contributed by atoms with Gasteiger partial charge in [-0.2, -0.15) is 5.10 Å². The molecule has 8 nitrogen and oxygen atoms in total. The summed E-state index contributed by atoms with van der Waals surface area (Å²) < 4.78 is 1.25. The molecule has 1 aliphatic rings. The Bertz CT molecular complexity index is 502. The standard InChI is InChI=1S/C11H17N5O3.ClH/c1-11(7-12,8-2-3-8)14-10(17)6-15-5-9(4-13-15)16(18)19;/h4-5,8H,2-3,6-7,12H2,1H3,(H,14,17);1H. The number of hydrogen-bond donors (Lipinski definition) is 2. The molecule has 20 heavy (non-hydrogen) atoms. The van der Waals surface area contributed by atoms with Crippen LogP contribution in [0.1, 0.15) is 19.8 Å². The molecule has 1 aromatic heterocycles. The van der Waals surface area contributed by atoms with Crippen LogP contribution in [-0.4, -0.2) is 32.7 Å². The van der Waals surface area contributed by atoms with Crippen molar-refractivity contribution in [1.82, 2.24) is 15.1 Å². The third kappa shape index (κ3) is 3.67. The Morgan fingerprint density at radius 3 is 2.80 bits per heavy atom. The highest BCUT2D eigenvalue weighted by atomic mass is 35.5. The second-order valence-corrected chi connectivity index (χ2v) is 5.10. The second kappa shape index (κ2) is 6.19. The van der Waals surface area contributed by atoms with E-state index in [2.05, 4.69) is 10.4 Å². The van der Waals surface area contributed by atoms with E-state index in [0.29, 0.717) is 12.5 Å². The first-order valence-corrected chi connectivity index (χ1v) is 6.12. The first-order chi connectivity index (χ1) is 8.94. The van der Waals surface area contributed by atoms with Crippen molar-refractivity contribution in [2.24, 2.45) is 11.7 Å². The summed E-state index contributed by atoms with van der Waals surface area (Å²) in [5, 5.41) is 17.2.